The van der Waals surface area contributed by atoms with Crippen molar-refractivity contribution in [1.82, 2.24) is 24.2 Å². The highest BCUT2D eigenvalue weighted by Gasteiger charge is 2.36. The Morgan fingerprint density at radius 3 is 2.73 bits per heavy atom. The van der Waals surface area contributed by atoms with Gasteiger partial charge in [0.15, 0.2) is 5.65 Å². The summed E-state index contributed by atoms with van der Waals surface area (Å²) in [4.78, 5) is 23.3. The van der Waals surface area contributed by atoms with Crippen LogP contribution < -0.4 is 5.32 Å². The molecule has 1 saturated heterocycles. The summed E-state index contributed by atoms with van der Waals surface area (Å²) in [7, 11) is -3.71. The zero-order valence-electron chi connectivity index (χ0n) is 18.5. The summed E-state index contributed by atoms with van der Waals surface area (Å²) in [6.45, 7) is 3.72. The van der Waals surface area contributed by atoms with Crippen LogP contribution in [0.5, 0.6) is 0 Å². The van der Waals surface area contributed by atoms with Crippen LogP contribution in [0.3, 0.4) is 0 Å². The van der Waals surface area contributed by atoms with E-state index in [-0.39, 0.29) is 30.4 Å². The molecule has 2 fully saturated rings. The van der Waals surface area contributed by atoms with Gasteiger partial charge in [0.2, 0.25) is 10.0 Å². The SMILES string of the molecule is CCOC(=O)N1CCNCC1c1ncnc2c1c(C1CC1)cn2S(=O)(=O)Cc1ccccc1. The monoisotopic (exact) mass is 469 g/mol. The molecule has 3 heterocycles. The number of rotatable bonds is 6. The number of carbonyl (C=O) groups excluding carboxylic acids is 1. The van der Waals surface area contributed by atoms with Crippen LogP contribution in [0.1, 0.15) is 48.5 Å². The molecule has 9 nitrogen and oxygen atoms in total. The molecule has 1 aliphatic carbocycles. The molecule has 0 spiro atoms. The lowest BCUT2D eigenvalue weighted by Gasteiger charge is -2.35. The smallest absolute Gasteiger partial charge is 0.410 e. The fourth-order valence-corrected chi connectivity index (χ4v) is 5.91. The normalized spacial score (nSPS) is 19.1. The van der Waals surface area contributed by atoms with Gasteiger partial charge in [0.1, 0.15) is 6.33 Å². The first-order valence-corrected chi connectivity index (χ1v) is 12.9. The molecule has 1 aliphatic heterocycles. The van der Waals surface area contributed by atoms with E-state index >= 15 is 0 Å². The van der Waals surface area contributed by atoms with Gasteiger partial charge in [0, 0.05) is 31.2 Å². The Bertz CT molecular complexity index is 1270. The number of aromatic nitrogens is 3. The van der Waals surface area contributed by atoms with Crippen LogP contribution in [-0.2, 0) is 20.5 Å². The number of nitrogens with zero attached hydrogens (tertiary/aromatic N) is 4. The van der Waals surface area contributed by atoms with Gasteiger partial charge in [-0.2, -0.15) is 0 Å². The van der Waals surface area contributed by atoms with Crippen molar-refractivity contribution < 1.29 is 17.9 Å². The minimum atomic E-state index is -3.71. The van der Waals surface area contributed by atoms with E-state index in [1.807, 2.05) is 18.2 Å². The molecule has 2 aliphatic rings. The van der Waals surface area contributed by atoms with Crippen molar-refractivity contribution >= 4 is 27.1 Å². The predicted octanol–water partition coefficient (Wildman–Crippen LogP) is 2.79. The Balaban J connectivity index is 1.62. The molecule has 0 radical (unpaired) electrons. The van der Waals surface area contributed by atoms with E-state index in [1.165, 1.54) is 10.3 Å². The Morgan fingerprint density at radius 2 is 2.00 bits per heavy atom. The Labute approximate surface area is 192 Å². The maximum absolute atomic E-state index is 13.4. The Morgan fingerprint density at radius 1 is 1.21 bits per heavy atom. The number of piperazine rings is 1. The number of nitrogens with one attached hydrogen (secondary N) is 1. The fraction of sp³-hybridized carbons (Fsp3) is 0.435. The molecule has 174 valence electrons. The second-order valence-electron chi connectivity index (χ2n) is 8.47. The first kappa shape index (κ1) is 21.8. The molecular formula is C23H27N5O4S. The average Bonchev–Trinajstić information content (AvgIpc) is 3.58. The van der Waals surface area contributed by atoms with Gasteiger partial charge in [-0.05, 0) is 36.8 Å². The van der Waals surface area contributed by atoms with E-state index in [0.29, 0.717) is 36.5 Å². The van der Waals surface area contributed by atoms with E-state index in [1.54, 1.807) is 30.2 Å². The highest BCUT2D eigenvalue weighted by molar-refractivity contribution is 7.89. The molecule has 1 atom stereocenters. The summed E-state index contributed by atoms with van der Waals surface area (Å²) in [5.74, 6) is 0.152. The van der Waals surface area contributed by atoms with Crippen molar-refractivity contribution in [2.45, 2.75) is 37.5 Å². The van der Waals surface area contributed by atoms with Crippen molar-refractivity contribution in [3.8, 4) is 0 Å². The largest absolute Gasteiger partial charge is 0.450 e. The van der Waals surface area contributed by atoms with Gasteiger partial charge >= 0.3 is 6.09 Å². The molecule has 1 aromatic carbocycles. The van der Waals surface area contributed by atoms with Crippen molar-refractivity contribution in [2.75, 3.05) is 26.2 Å². The van der Waals surface area contributed by atoms with E-state index < -0.39 is 10.0 Å². The Kier molecular flexibility index (Phi) is 5.79. The fourth-order valence-electron chi connectivity index (χ4n) is 4.48. The van der Waals surface area contributed by atoms with Gasteiger partial charge in [-0.15, -0.1) is 0 Å². The molecular weight excluding hydrogens is 442 g/mol. The minimum absolute atomic E-state index is 0.124. The lowest BCUT2D eigenvalue weighted by atomic mass is 10.0. The topological polar surface area (TPSA) is 106 Å². The summed E-state index contributed by atoms with van der Waals surface area (Å²) >= 11 is 0. The van der Waals surface area contributed by atoms with Gasteiger partial charge in [0.25, 0.3) is 0 Å². The lowest BCUT2D eigenvalue weighted by Crippen LogP contribution is -2.49. The van der Waals surface area contributed by atoms with E-state index in [9.17, 15) is 13.2 Å². The second-order valence-corrected chi connectivity index (χ2v) is 10.3. The minimum Gasteiger partial charge on any atom is -0.450 e. The molecule has 1 saturated carbocycles. The Hall–Kier alpha value is -2.98. The van der Waals surface area contributed by atoms with Gasteiger partial charge in [0.05, 0.1) is 24.1 Å². The molecule has 1 amide bonds. The third kappa shape index (κ3) is 4.20. The number of hydrogen-bond donors (Lipinski definition) is 1. The van der Waals surface area contributed by atoms with Crippen LogP contribution in [0, 0.1) is 0 Å². The summed E-state index contributed by atoms with van der Waals surface area (Å²) in [6, 6.07) is 8.75. The predicted molar refractivity (Wildman–Crippen MR) is 123 cm³/mol. The van der Waals surface area contributed by atoms with Gasteiger partial charge in [-0.3, -0.25) is 4.90 Å². The zero-order chi connectivity index (χ0) is 23.0. The first-order chi connectivity index (χ1) is 16.0. The number of fused-ring (bicyclic) bond motifs is 1. The van der Waals surface area contributed by atoms with Crippen LogP contribution in [0.25, 0.3) is 11.0 Å². The highest BCUT2D eigenvalue weighted by atomic mass is 32.2. The molecule has 5 rings (SSSR count). The van der Waals surface area contributed by atoms with Crippen molar-refractivity contribution in [3.05, 3.63) is 59.7 Å². The second kappa shape index (κ2) is 8.75. The quantitative estimate of drug-likeness (QED) is 0.592. The van der Waals surface area contributed by atoms with Crippen LogP contribution in [0.2, 0.25) is 0 Å². The van der Waals surface area contributed by atoms with Crippen molar-refractivity contribution in [2.24, 2.45) is 0 Å². The molecule has 3 aromatic rings. The average molecular weight is 470 g/mol. The maximum Gasteiger partial charge on any atom is 0.410 e. The van der Waals surface area contributed by atoms with Gasteiger partial charge in [-0.1, -0.05) is 30.3 Å². The van der Waals surface area contributed by atoms with Crippen LogP contribution in [-0.4, -0.2) is 59.6 Å². The molecule has 2 aromatic heterocycles. The molecule has 1 unspecified atom stereocenters. The maximum atomic E-state index is 13.4. The summed E-state index contributed by atoms with van der Waals surface area (Å²) in [6.07, 6.45) is 4.71. The third-order valence-corrected chi connectivity index (χ3v) is 7.76. The van der Waals surface area contributed by atoms with E-state index in [4.69, 9.17) is 4.74 Å². The van der Waals surface area contributed by atoms with Crippen molar-refractivity contribution in [3.63, 3.8) is 0 Å². The van der Waals surface area contributed by atoms with E-state index in [2.05, 4.69) is 15.3 Å². The van der Waals surface area contributed by atoms with Crippen molar-refractivity contribution in [1.29, 1.82) is 0 Å². The van der Waals surface area contributed by atoms with Crippen LogP contribution >= 0.6 is 0 Å². The molecule has 1 N–H and O–H groups in total. The number of carbonyl (C=O) groups is 1. The standard InChI is InChI=1S/C23H27N5O4S/c1-2-32-23(29)27-11-10-24-12-19(27)21-20-18(17-8-9-17)13-28(22(20)26-15-25-21)33(30,31)14-16-6-4-3-5-7-16/h3-7,13,15,17,19,24H,2,8-12,14H2,1H3. The van der Waals surface area contributed by atoms with Gasteiger partial charge < -0.3 is 10.1 Å². The molecule has 10 heteroatoms. The third-order valence-electron chi connectivity index (χ3n) is 6.18. The molecule has 33 heavy (non-hydrogen) atoms. The number of ether oxygens (including phenoxy) is 1. The van der Waals surface area contributed by atoms with Crippen LogP contribution in [0.4, 0.5) is 4.79 Å². The molecule has 0 bridgehead atoms. The summed E-state index contributed by atoms with van der Waals surface area (Å²) in [5, 5.41) is 4.06. The lowest BCUT2D eigenvalue weighted by molar-refractivity contribution is 0.0804. The summed E-state index contributed by atoms with van der Waals surface area (Å²) < 4.78 is 33.4. The number of benzene rings is 1. The van der Waals surface area contributed by atoms with E-state index in [0.717, 1.165) is 23.8 Å². The first-order valence-electron chi connectivity index (χ1n) is 11.3. The zero-order valence-corrected chi connectivity index (χ0v) is 19.3. The summed E-state index contributed by atoms with van der Waals surface area (Å²) in [5.41, 5.74) is 2.68. The van der Waals surface area contributed by atoms with Crippen LogP contribution in [0.15, 0.2) is 42.9 Å². The highest BCUT2D eigenvalue weighted by Crippen LogP contribution is 2.45. The number of hydrogen-bond acceptors (Lipinski definition) is 7. The number of amides is 1. The van der Waals surface area contributed by atoms with Gasteiger partial charge in [-0.25, -0.2) is 27.2 Å².